The lowest BCUT2D eigenvalue weighted by Crippen LogP contribution is -2.30. The van der Waals surface area contributed by atoms with Gasteiger partial charge in [-0.15, -0.1) is 0 Å². The zero-order valence-corrected chi connectivity index (χ0v) is 13.7. The van der Waals surface area contributed by atoms with Crippen LogP contribution in [0, 0.1) is 17.8 Å². The first kappa shape index (κ1) is 14.8. The SMILES string of the molecule is O=C(CCCCC1CCSS1)NCC1CC2C=CC1C2. The van der Waals surface area contributed by atoms with Gasteiger partial charge in [0, 0.05) is 24.0 Å². The fraction of sp³-hybridized carbons (Fsp3) is 0.812. The van der Waals surface area contributed by atoms with E-state index in [0.29, 0.717) is 5.92 Å². The smallest absolute Gasteiger partial charge is 0.220 e. The lowest BCUT2D eigenvalue weighted by atomic mass is 9.93. The molecule has 4 unspecified atom stereocenters. The first-order valence-corrected chi connectivity index (χ1v) is 10.4. The van der Waals surface area contributed by atoms with Crippen molar-refractivity contribution in [1.82, 2.24) is 5.32 Å². The van der Waals surface area contributed by atoms with E-state index in [0.717, 1.165) is 36.5 Å². The minimum absolute atomic E-state index is 0.269. The molecule has 1 saturated carbocycles. The summed E-state index contributed by atoms with van der Waals surface area (Å²) in [6.07, 6.45) is 13.0. The third kappa shape index (κ3) is 3.97. The minimum Gasteiger partial charge on any atom is -0.356 e. The molecule has 1 N–H and O–H groups in total. The third-order valence-electron chi connectivity index (χ3n) is 4.89. The number of carbonyl (C=O) groups excluding carboxylic acids is 1. The molecule has 3 aliphatic rings. The Balaban J connectivity index is 1.23. The van der Waals surface area contributed by atoms with Crippen LogP contribution in [0.4, 0.5) is 0 Å². The largest absolute Gasteiger partial charge is 0.356 e. The van der Waals surface area contributed by atoms with E-state index in [1.165, 1.54) is 37.9 Å². The van der Waals surface area contributed by atoms with Crippen LogP contribution in [-0.2, 0) is 4.79 Å². The Hall–Kier alpha value is -0.0900. The second-order valence-electron chi connectivity index (χ2n) is 6.42. The van der Waals surface area contributed by atoms with Gasteiger partial charge < -0.3 is 5.32 Å². The summed E-state index contributed by atoms with van der Waals surface area (Å²) in [5.41, 5.74) is 0. The average molecular weight is 312 g/mol. The molecule has 2 fully saturated rings. The van der Waals surface area contributed by atoms with Crippen LogP contribution >= 0.6 is 21.6 Å². The van der Waals surface area contributed by atoms with Crippen molar-refractivity contribution in [3.63, 3.8) is 0 Å². The maximum atomic E-state index is 11.9. The number of unbranched alkanes of at least 4 members (excludes halogenated alkanes) is 1. The van der Waals surface area contributed by atoms with Gasteiger partial charge in [0.15, 0.2) is 0 Å². The molecule has 0 aromatic carbocycles. The van der Waals surface area contributed by atoms with Gasteiger partial charge >= 0.3 is 0 Å². The quantitative estimate of drug-likeness (QED) is 0.437. The average Bonchev–Trinajstić information content (AvgIpc) is 3.18. The van der Waals surface area contributed by atoms with Gasteiger partial charge in [0.05, 0.1) is 0 Å². The van der Waals surface area contributed by atoms with E-state index < -0.39 is 0 Å². The number of fused-ring (bicyclic) bond motifs is 2. The normalized spacial score (nSPS) is 34.8. The summed E-state index contributed by atoms with van der Waals surface area (Å²) in [7, 11) is 4.05. The van der Waals surface area contributed by atoms with Crippen LogP contribution in [0.5, 0.6) is 0 Å². The lowest BCUT2D eigenvalue weighted by molar-refractivity contribution is -0.121. The van der Waals surface area contributed by atoms with Gasteiger partial charge in [-0.3, -0.25) is 4.79 Å². The van der Waals surface area contributed by atoms with E-state index in [1.807, 2.05) is 21.6 Å². The summed E-state index contributed by atoms with van der Waals surface area (Å²) >= 11 is 0. The molecule has 0 aromatic rings. The van der Waals surface area contributed by atoms with Crippen molar-refractivity contribution < 1.29 is 4.79 Å². The molecule has 0 spiro atoms. The second-order valence-corrected chi connectivity index (χ2v) is 9.21. The number of allylic oxidation sites excluding steroid dienone is 2. The molecule has 0 aromatic heterocycles. The molecule has 1 saturated heterocycles. The third-order valence-corrected chi connectivity index (χ3v) is 7.89. The zero-order valence-electron chi connectivity index (χ0n) is 12.1. The maximum Gasteiger partial charge on any atom is 0.220 e. The summed E-state index contributed by atoms with van der Waals surface area (Å²) in [6, 6.07) is 0. The highest BCUT2D eigenvalue weighted by atomic mass is 33.1. The molecule has 2 aliphatic carbocycles. The summed E-state index contributed by atoms with van der Waals surface area (Å²) in [5.74, 6) is 3.85. The summed E-state index contributed by atoms with van der Waals surface area (Å²) in [4.78, 5) is 11.9. The standard InChI is InChI=1S/C16H25NOS2/c18-16(4-2-1-3-15-7-8-19-20-15)17-11-14-10-12-5-6-13(14)9-12/h5-6,12-15H,1-4,7-11H2,(H,17,18). The number of amides is 1. The van der Waals surface area contributed by atoms with Crippen molar-refractivity contribution >= 4 is 27.5 Å². The van der Waals surface area contributed by atoms with Crippen molar-refractivity contribution in [2.24, 2.45) is 17.8 Å². The molecule has 2 nitrogen and oxygen atoms in total. The van der Waals surface area contributed by atoms with Crippen LogP contribution in [0.15, 0.2) is 12.2 Å². The number of hydrogen-bond acceptors (Lipinski definition) is 3. The predicted molar refractivity (Wildman–Crippen MR) is 88.8 cm³/mol. The van der Waals surface area contributed by atoms with Gasteiger partial charge in [-0.05, 0) is 49.9 Å². The van der Waals surface area contributed by atoms with Gasteiger partial charge in [0.1, 0.15) is 0 Å². The topological polar surface area (TPSA) is 29.1 Å². The Bertz CT molecular complexity index is 365. The van der Waals surface area contributed by atoms with Gasteiger partial charge in [-0.25, -0.2) is 0 Å². The maximum absolute atomic E-state index is 11.9. The van der Waals surface area contributed by atoms with Crippen molar-refractivity contribution in [3.05, 3.63) is 12.2 Å². The second kappa shape index (κ2) is 7.26. The number of rotatable bonds is 7. The molecule has 3 rings (SSSR count). The lowest BCUT2D eigenvalue weighted by Gasteiger charge is -2.18. The van der Waals surface area contributed by atoms with E-state index in [4.69, 9.17) is 0 Å². The Morgan fingerprint density at radius 2 is 2.20 bits per heavy atom. The molecule has 4 heteroatoms. The van der Waals surface area contributed by atoms with Gasteiger partial charge in [0.2, 0.25) is 5.91 Å². The fourth-order valence-corrected chi connectivity index (χ4v) is 6.71. The summed E-state index contributed by atoms with van der Waals surface area (Å²) < 4.78 is 0. The first-order chi connectivity index (χ1) is 9.81. The number of nitrogens with one attached hydrogen (secondary N) is 1. The highest BCUT2D eigenvalue weighted by molar-refractivity contribution is 8.77. The summed E-state index contributed by atoms with van der Waals surface area (Å²) in [5, 5.41) is 4.01. The highest BCUT2D eigenvalue weighted by Gasteiger charge is 2.35. The zero-order chi connectivity index (χ0) is 13.8. The van der Waals surface area contributed by atoms with E-state index in [-0.39, 0.29) is 5.91 Å². The molecule has 112 valence electrons. The molecule has 4 atom stereocenters. The van der Waals surface area contributed by atoms with Crippen LogP contribution in [0.3, 0.4) is 0 Å². The van der Waals surface area contributed by atoms with Crippen LogP contribution in [0.2, 0.25) is 0 Å². The molecule has 20 heavy (non-hydrogen) atoms. The molecular weight excluding hydrogens is 286 g/mol. The van der Waals surface area contributed by atoms with Gasteiger partial charge in [-0.1, -0.05) is 40.2 Å². The van der Waals surface area contributed by atoms with E-state index in [1.54, 1.807) is 0 Å². The molecule has 1 heterocycles. The van der Waals surface area contributed by atoms with E-state index in [9.17, 15) is 4.79 Å². The Labute approximate surface area is 130 Å². The minimum atomic E-state index is 0.269. The molecule has 2 bridgehead atoms. The molecule has 1 aliphatic heterocycles. The Morgan fingerprint density at radius 3 is 2.90 bits per heavy atom. The van der Waals surface area contributed by atoms with Crippen LogP contribution in [-0.4, -0.2) is 23.5 Å². The number of hydrogen-bond donors (Lipinski definition) is 1. The van der Waals surface area contributed by atoms with Gasteiger partial charge in [0.25, 0.3) is 0 Å². The highest BCUT2D eigenvalue weighted by Crippen LogP contribution is 2.43. The van der Waals surface area contributed by atoms with Crippen LogP contribution in [0.25, 0.3) is 0 Å². The van der Waals surface area contributed by atoms with E-state index in [2.05, 4.69) is 17.5 Å². The van der Waals surface area contributed by atoms with Crippen molar-refractivity contribution in [2.75, 3.05) is 12.3 Å². The molecule has 1 amide bonds. The van der Waals surface area contributed by atoms with Gasteiger partial charge in [-0.2, -0.15) is 0 Å². The molecule has 0 radical (unpaired) electrons. The number of carbonyl (C=O) groups is 1. The fourth-order valence-electron chi connectivity index (χ4n) is 3.68. The first-order valence-electron chi connectivity index (χ1n) is 8.04. The molecular formula is C16H25NOS2. The Morgan fingerprint density at radius 1 is 1.25 bits per heavy atom. The van der Waals surface area contributed by atoms with Crippen LogP contribution in [0.1, 0.15) is 44.9 Å². The van der Waals surface area contributed by atoms with Crippen molar-refractivity contribution in [3.8, 4) is 0 Å². The Kier molecular flexibility index (Phi) is 5.38. The van der Waals surface area contributed by atoms with E-state index >= 15 is 0 Å². The van der Waals surface area contributed by atoms with Crippen molar-refractivity contribution in [1.29, 1.82) is 0 Å². The van der Waals surface area contributed by atoms with Crippen LogP contribution < -0.4 is 5.32 Å². The monoisotopic (exact) mass is 311 g/mol. The summed E-state index contributed by atoms with van der Waals surface area (Å²) in [6.45, 7) is 0.902. The predicted octanol–water partition coefficient (Wildman–Crippen LogP) is 4.03. The van der Waals surface area contributed by atoms with Crippen molar-refractivity contribution in [2.45, 2.75) is 50.2 Å².